The number of thiophene rings is 1. The first kappa shape index (κ1) is 31.9. The summed E-state index contributed by atoms with van der Waals surface area (Å²) in [5.41, 5.74) is 10.4. The van der Waals surface area contributed by atoms with Crippen LogP contribution >= 0.6 is 22.7 Å². The Labute approximate surface area is 326 Å². The minimum absolute atomic E-state index is 1.05. The standard InChI is InChI=1S/C51H32N2S2/c1-3-12-33(13-4-1)36-17-11-18-39(30-36)53(38-24-22-34(23-25-38)45-31-37-16-7-8-19-41(37)42-20-9-10-21-43(42)45)40-26-27-44-48(32-40)54-47-29-28-46-50(49(44)47)55-51(52-46)35-14-5-2-6-15-35/h1-32H. The first-order valence-electron chi connectivity index (χ1n) is 18.5. The van der Waals surface area contributed by atoms with Crippen LogP contribution in [0.5, 0.6) is 0 Å². The van der Waals surface area contributed by atoms with E-state index in [-0.39, 0.29) is 0 Å². The van der Waals surface area contributed by atoms with Crippen LogP contribution in [0.3, 0.4) is 0 Å². The number of hydrogen-bond acceptors (Lipinski definition) is 4. The number of rotatable bonds is 6. The summed E-state index contributed by atoms with van der Waals surface area (Å²) in [6.07, 6.45) is 0. The van der Waals surface area contributed by atoms with Gasteiger partial charge in [0.25, 0.3) is 0 Å². The van der Waals surface area contributed by atoms with Gasteiger partial charge in [-0.25, -0.2) is 4.98 Å². The minimum atomic E-state index is 1.05. The van der Waals surface area contributed by atoms with Gasteiger partial charge < -0.3 is 4.90 Å². The van der Waals surface area contributed by atoms with Crippen molar-refractivity contribution in [2.75, 3.05) is 4.90 Å². The fourth-order valence-electron chi connectivity index (χ4n) is 8.06. The highest BCUT2D eigenvalue weighted by Crippen LogP contribution is 2.46. The van der Waals surface area contributed by atoms with Crippen molar-refractivity contribution in [2.45, 2.75) is 0 Å². The van der Waals surface area contributed by atoms with E-state index in [0.717, 1.165) is 33.1 Å². The molecular weight excluding hydrogens is 705 g/mol. The lowest BCUT2D eigenvalue weighted by atomic mass is 9.93. The van der Waals surface area contributed by atoms with Gasteiger partial charge in [0.05, 0.1) is 10.2 Å². The lowest BCUT2D eigenvalue weighted by Crippen LogP contribution is -2.10. The summed E-state index contributed by atoms with van der Waals surface area (Å²) in [5.74, 6) is 0. The Morgan fingerprint density at radius 2 is 1.05 bits per heavy atom. The summed E-state index contributed by atoms with van der Waals surface area (Å²) in [6.45, 7) is 0. The molecule has 9 aromatic carbocycles. The number of fused-ring (bicyclic) bond motifs is 8. The second kappa shape index (κ2) is 13.1. The average molecular weight is 737 g/mol. The van der Waals surface area contributed by atoms with E-state index < -0.39 is 0 Å². The number of thiazole rings is 1. The highest BCUT2D eigenvalue weighted by molar-refractivity contribution is 7.28. The van der Waals surface area contributed by atoms with E-state index in [0.29, 0.717) is 0 Å². The van der Waals surface area contributed by atoms with Crippen LogP contribution in [-0.2, 0) is 0 Å². The number of benzene rings is 9. The molecule has 2 heterocycles. The Balaban J connectivity index is 1.06. The second-order valence-electron chi connectivity index (χ2n) is 13.9. The van der Waals surface area contributed by atoms with Crippen molar-refractivity contribution in [2.24, 2.45) is 0 Å². The Bertz CT molecular complexity index is 3200. The van der Waals surface area contributed by atoms with Crippen LogP contribution in [0.2, 0.25) is 0 Å². The average Bonchev–Trinajstić information content (AvgIpc) is 3.86. The normalized spacial score (nSPS) is 11.6. The molecule has 0 amide bonds. The third-order valence-electron chi connectivity index (χ3n) is 10.7. The van der Waals surface area contributed by atoms with Gasteiger partial charge >= 0.3 is 0 Å². The largest absolute Gasteiger partial charge is 0.310 e. The zero-order valence-electron chi connectivity index (χ0n) is 29.7. The van der Waals surface area contributed by atoms with E-state index in [4.69, 9.17) is 4.98 Å². The molecule has 0 bridgehead atoms. The zero-order chi connectivity index (χ0) is 36.3. The molecule has 258 valence electrons. The molecule has 2 aromatic heterocycles. The first-order chi connectivity index (χ1) is 27.2. The van der Waals surface area contributed by atoms with E-state index in [9.17, 15) is 0 Å². The van der Waals surface area contributed by atoms with Crippen LogP contribution in [-0.4, -0.2) is 4.98 Å². The van der Waals surface area contributed by atoms with Gasteiger partial charge in [-0.1, -0.05) is 140 Å². The van der Waals surface area contributed by atoms with Crippen LogP contribution < -0.4 is 4.90 Å². The lowest BCUT2D eigenvalue weighted by molar-refractivity contribution is 1.29. The topological polar surface area (TPSA) is 16.1 Å². The SMILES string of the molecule is c1ccc(-c2cccc(N(c3ccc(-c4cc5ccccc5c5ccccc45)cc3)c3ccc4c(c3)sc3ccc5nc(-c6ccccc6)sc5c34)c2)cc1. The number of anilines is 3. The molecule has 0 saturated carbocycles. The van der Waals surface area contributed by atoms with Crippen molar-refractivity contribution < 1.29 is 0 Å². The predicted molar refractivity (Wildman–Crippen MR) is 239 cm³/mol. The van der Waals surface area contributed by atoms with Crippen molar-refractivity contribution >= 4 is 91.7 Å². The third kappa shape index (κ3) is 5.49. The highest BCUT2D eigenvalue weighted by Gasteiger charge is 2.19. The van der Waals surface area contributed by atoms with E-state index >= 15 is 0 Å². The van der Waals surface area contributed by atoms with Gasteiger partial charge in [-0.05, 0) is 98.4 Å². The van der Waals surface area contributed by atoms with Crippen LogP contribution in [0.4, 0.5) is 17.1 Å². The van der Waals surface area contributed by atoms with Crippen molar-refractivity contribution in [1.29, 1.82) is 0 Å². The molecule has 0 unspecified atom stereocenters. The summed E-state index contributed by atoms with van der Waals surface area (Å²) < 4.78 is 3.80. The Kier molecular flexibility index (Phi) is 7.58. The molecule has 11 aromatic rings. The van der Waals surface area contributed by atoms with Gasteiger partial charge in [0, 0.05) is 42.8 Å². The van der Waals surface area contributed by atoms with Crippen LogP contribution in [0.15, 0.2) is 194 Å². The zero-order valence-corrected chi connectivity index (χ0v) is 31.3. The lowest BCUT2D eigenvalue weighted by Gasteiger charge is -2.26. The van der Waals surface area contributed by atoms with Gasteiger partial charge in [-0.2, -0.15) is 0 Å². The van der Waals surface area contributed by atoms with Crippen molar-refractivity contribution in [3.05, 3.63) is 194 Å². The molecule has 0 aliphatic heterocycles. The monoisotopic (exact) mass is 736 g/mol. The Hall–Kier alpha value is -6.59. The molecule has 0 aliphatic carbocycles. The minimum Gasteiger partial charge on any atom is -0.310 e. The van der Waals surface area contributed by atoms with Crippen molar-refractivity contribution in [3.63, 3.8) is 0 Å². The van der Waals surface area contributed by atoms with E-state index in [1.54, 1.807) is 11.3 Å². The molecule has 0 fully saturated rings. The third-order valence-corrected chi connectivity index (χ3v) is 12.9. The van der Waals surface area contributed by atoms with Gasteiger partial charge in [-0.3, -0.25) is 0 Å². The predicted octanol–water partition coefficient (Wildman–Crippen LogP) is 15.4. The number of aromatic nitrogens is 1. The summed E-state index contributed by atoms with van der Waals surface area (Å²) >= 11 is 3.65. The van der Waals surface area contributed by atoms with Crippen molar-refractivity contribution in [1.82, 2.24) is 4.98 Å². The van der Waals surface area contributed by atoms with E-state index in [1.165, 1.54) is 68.7 Å². The second-order valence-corrected chi connectivity index (χ2v) is 16.0. The molecule has 11 rings (SSSR count). The molecule has 0 radical (unpaired) electrons. The smallest absolute Gasteiger partial charge is 0.124 e. The fraction of sp³-hybridized carbons (Fsp3) is 0. The van der Waals surface area contributed by atoms with Crippen LogP contribution in [0.1, 0.15) is 0 Å². The van der Waals surface area contributed by atoms with Gasteiger partial charge in [0.1, 0.15) is 5.01 Å². The fourth-order valence-corrected chi connectivity index (χ4v) is 10.4. The van der Waals surface area contributed by atoms with Gasteiger partial charge in [0.2, 0.25) is 0 Å². The Morgan fingerprint density at radius 1 is 0.382 bits per heavy atom. The summed E-state index contributed by atoms with van der Waals surface area (Å²) in [7, 11) is 0. The molecule has 0 N–H and O–H groups in total. The highest BCUT2D eigenvalue weighted by atomic mass is 32.1. The molecule has 4 heteroatoms. The van der Waals surface area contributed by atoms with Crippen molar-refractivity contribution in [3.8, 4) is 32.8 Å². The number of hydrogen-bond donors (Lipinski definition) is 0. The maximum Gasteiger partial charge on any atom is 0.124 e. The molecule has 0 spiro atoms. The molecule has 0 atom stereocenters. The summed E-state index contributed by atoms with van der Waals surface area (Å²) in [4.78, 5) is 7.45. The quantitative estimate of drug-likeness (QED) is 0.158. The molecule has 2 nitrogen and oxygen atoms in total. The molecular formula is C51H32N2S2. The maximum atomic E-state index is 5.05. The Morgan fingerprint density at radius 3 is 1.87 bits per heavy atom. The van der Waals surface area contributed by atoms with Gasteiger partial charge in [0.15, 0.2) is 0 Å². The van der Waals surface area contributed by atoms with Gasteiger partial charge in [-0.15, -0.1) is 22.7 Å². The van der Waals surface area contributed by atoms with Crippen LogP contribution in [0, 0.1) is 0 Å². The molecule has 55 heavy (non-hydrogen) atoms. The van der Waals surface area contributed by atoms with E-state index in [1.807, 2.05) is 11.3 Å². The summed E-state index contributed by atoms with van der Waals surface area (Å²) in [5, 5.41) is 8.71. The molecule has 0 aliphatic rings. The summed E-state index contributed by atoms with van der Waals surface area (Å²) in [6, 6.07) is 70.3. The van der Waals surface area contributed by atoms with E-state index in [2.05, 4.69) is 199 Å². The molecule has 0 saturated heterocycles. The first-order valence-corrected chi connectivity index (χ1v) is 20.2. The number of nitrogens with zero attached hydrogens (tertiary/aromatic N) is 2. The van der Waals surface area contributed by atoms with Crippen LogP contribution in [0.25, 0.3) is 84.8 Å². The maximum absolute atomic E-state index is 5.05.